The minimum Gasteiger partial charge on any atom is -0.394 e. The number of carbonyl (C=O) groups excluding carboxylic acids is 1. The van der Waals surface area contributed by atoms with E-state index in [1.54, 1.807) is 30.3 Å². The van der Waals surface area contributed by atoms with Crippen molar-refractivity contribution in [2.45, 2.75) is 30.6 Å². The van der Waals surface area contributed by atoms with Gasteiger partial charge in [0.2, 0.25) is 0 Å². The molecular weight excluding hydrogens is 278 g/mol. The molecule has 0 saturated carbocycles. The molecule has 0 unspecified atom stereocenters. The molecule has 0 aliphatic carbocycles. The summed E-state index contributed by atoms with van der Waals surface area (Å²) in [4.78, 5) is 12.1. The van der Waals surface area contributed by atoms with Crippen LogP contribution in [0, 0.1) is 0 Å². The SMILES string of the molecule is CO[C@H]1[C@H](NC(=O)c2ccccc2)[C@H](O)O[C@@H]1[C@H](O)CO. The van der Waals surface area contributed by atoms with Crippen LogP contribution >= 0.6 is 0 Å². The number of methoxy groups -OCH3 is 1. The number of aliphatic hydroxyl groups is 3. The lowest BCUT2D eigenvalue weighted by atomic mass is 10.0. The number of benzene rings is 1. The first-order valence-electron chi connectivity index (χ1n) is 6.59. The van der Waals surface area contributed by atoms with Crippen LogP contribution < -0.4 is 5.32 Å². The van der Waals surface area contributed by atoms with Crippen LogP contribution in [0.25, 0.3) is 0 Å². The standard InChI is InChI=1S/C14H19NO6/c1-20-12-10(14(19)21-11(12)9(17)7-16)15-13(18)8-5-3-2-4-6-8/h2-6,9-12,14,16-17,19H,7H2,1H3,(H,15,18)/t9-,10+,11-,12+,14-/m1/s1. The molecule has 1 aromatic carbocycles. The van der Waals surface area contributed by atoms with Gasteiger partial charge in [-0.05, 0) is 12.1 Å². The molecule has 1 aliphatic rings. The van der Waals surface area contributed by atoms with Gasteiger partial charge in [0.05, 0.1) is 6.61 Å². The molecule has 1 heterocycles. The van der Waals surface area contributed by atoms with E-state index in [-0.39, 0.29) is 5.91 Å². The predicted molar refractivity (Wildman–Crippen MR) is 72.5 cm³/mol. The van der Waals surface area contributed by atoms with Crippen molar-refractivity contribution >= 4 is 5.91 Å². The van der Waals surface area contributed by atoms with Crippen LogP contribution in [0.3, 0.4) is 0 Å². The second-order valence-electron chi connectivity index (χ2n) is 4.81. The lowest BCUT2D eigenvalue weighted by molar-refractivity contribution is -0.141. The highest BCUT2D eigenvalue weighted by Gasteiger charge is 2.47. The Balaban J connectivity index is 2.09. The van der Waals surface area contributed by atoms with E-state index >= 15 is 0 Å². The average Bonchev–Trinajstić information content (AvgIpc) is 2.83. The van der Waals surface area contributed by atoms with Gasteiger partial charge in [-0.3, -0.25) is 4.79 Å². The van der Waals surface area contributed by atoms with Gasteiger partial charge in [-0.25, -0.2) is 0 Å². The van der Waals surface area contributed by atoms with Crippen molar-refractivity contribution in [3.8, 4) is 0 Å². The fourth-order valence-electron chi connectivity index (χ4n) is 2.36. The van der Waals surface area contributed by atoms with Crippen LogP contribution in [-0.4, -0.2) is 65.6 Å². The number of carbonyl (C=O) groups is 1. The summed E-state index contributed by atoms with van der Waals surface area (Å²) in [6.45, 7) is -0.531. The summed E-state index contributed by atoms with van der Waals surface area (Å²) in [7, 11) is 1.38. The molecule has 21 heavy (non-hydrogen) atoms. The fraction of sp³-hybridized carbons (Fsp3) is 0.500. The zero-order valence-corrected chi connectivity index (χ0v) is 11.5. The van der Waals surface area contributed by atoms with Crippen molar-refractivity contribution in [3.05, 3.63) is 35.9 Å². The van der Waals surface area contributed by atoms with E-state index in [0.717, 1.165) is 0 Å². The van der Waals surface area contributed by atoms with Crippen LogP contribution in [0.4, 0.5) is 0 Å². The molecular formula is C14H19NO6. The normalized spacial score (nSPS) is 30.1. The lowest BCUT2D eigenvalue weighted by Gasteiger charge is -2.24. The van der Waals surface area contributed by atoms with Gasteiger partial charge in [-0.2, -0.15) is 0 Å². The van der Waals surface area contributed by atoms with Crippen LogP contribution in [-0.2, 0) is 9.47 Å². The average molecular weight is 297 g/mol. The Morgan fingerprint density at radius 2 is 2.10 bits per heavy atom. The highest BCUT2D eigenvalue weighted by atomic mass is 16.6. The number of aliphatic hydroxyl groups excluding tert-OH is 3. The van der Waals surface area contributed by atoms with Crippen molar-refractivity contribution < 1.29 is 29.6 Å². The molecule has 0 spiro atoms. The van der Waals surface area contributed by atoms with Gasteiger partial charge < -0.3 is 30.1 Å². The van der Waals surface area contributed by atoms with Crippen LogP contribution in [0.5, 0.6) is 0 Å². The third kappa shape index (κ3) is 3.39. The molecule has 1 fully saturated rings. The second-order valence-corrected chi connectivity index (χ2v) is 4.81. The molecule has 4 N–H and O–H groups in total. The van der Waals surface area contributed by atoms with E-state index in [0.29, 0.717) is 5.56 Å². The molecule has 0 bridgehead atoms. The summed E-state index contributed by atoms with van der Waals surface area (Å²) in [6, 6.07) is 7.67. The van der Waals surface area contributed by atoms with Crippen molar-refractivity contribution in [1.82, 2.24) is 5.32 Å². The summed E-state index contributed by atoms with van der Waals surface area (Å²) < 4.78 is 10.4. The van der Waals surface area contributed by atoms with Crippen LogP contribution in [0.1, 0.15) is 10.4 Å². The molecule has 0 aromatic heterocycles. The van der Waals surface area contributed by atoms with Crippen LogP contribution in [0.2, 0.25) is 0 Å². The van der Waals surface area contributed by atoms with Gasteiger partial charge in [0.1, 0.15) is 24.4 Å². The minimum atomic E-state index is -1.33. The Kier molecular flexibility index (Phi) is 5.27. The third-order valence-corrected chi connectivity index (χ3v) is 3.45. The summed E-state index contributed by atoms with van der Waals surface area (Å²) in [5.41, 5.74) is 0.436. The zero-order valence-electron chi connectivity index (χ0n) is 11.5. The number of rotatable bonds is 5. The highest BCUT2D eigenvalue weighted by Crippen LogP contribution is 2.25. The van der Waals surface area contributed by atoms with E-state index in [1.165, 1.54) is 7.11 Å². The minimum absolute atomic E-state index is 0.385. The molecule has 1 amide bonds. The molecule has 1 saturated heterocycles. The van der Waals surface area contributed by atoms with E-state index in [2.05, 4.69) is 5.32 Å². The van der Waals surface area contributed by atoms with Gasteiger partial charge in [-0.15, -0.1) is 0 Å². The molecule has 0 radical (unpaired) electrons. The monoisotopic (exact) mass is 297 g/mol. The quantitative estimate of drug-likeness (QED) is 0.548. The van der Waals surface area contributed by atoms with E-state index in [1.807, 2.05) is 0 Å². The smallest absolute Gasteiger partial charge is 0.251 e. The Morgan fingerprint density at radius 3 is 2.67 bits per heavy atom. The molecule has 116 valence electrons. The Hall–Kier alpha value is -1.51. The van der Waals surface area contributed by atoms with Crippen molar-refractivity contribution in [1.29, 1.82) is 0 Å². The Morgan fingerprint density at radius 1 is 1.43 bits per heavy atom. The van der Waals surface area contributed by atoms with E-state index < -0.39 is 37.3 Å². The van der Waals surface area contributed by atoms with Gasteiger partial charge in [-0.1, -0.05) is 18.2 Å². The van der Waals surface area contributed by atoms with Crippen molar-refractivity contribution in [2.24, 2.45) is 0 Å². The molecule has 1 aliphatic heterocycles. The number of hydrogen-bond donors (Lipinski definition) is 4. The first-order chi connectivity index (χ1) is 10.1. The summed E-state index contributed by atoms with van der Waals surface area (Å²) >= 11 is 0. The number of hydrogen-bond acceptors (Lipinski definition) is 6. The summed E-state index contributed by atoms with van der Waals surface area (Å²) in [5.74, 6) is -0.385. The molecule has 2 rings (SSSR count). The zero-order chi connectivity index (χ0) is 15.4. The number of ether oxygens (including phenoxy) is 2. The second kappa shape index (κ2) is 6.97. The summed E-state index contributed by atoms with van der Waals surface area (Å²) in [6.07, 6.45) is -4.22. The maximum Gasteiger partial charge on any atom is 0.251 e. The number of amides is 1. The summed E-state index contributed by atoms with van der Waals surface area (Å²) in [5, 5.41) is 31.2. The largest absolute Gasteiger partial charge is 0.394 e. The highest BCUT2D eigenvalue weighted by molar-refractivity contribution is 5.94. The third-order valence-electron chi connectivity index (χ3n) is 3.45. The van der Waals surface area contributed by atoms with E-state index in [4.69, 9.17) is 14.6 Å². The Bertz CT molecular complexity index is 468. The molecule has 5 atom stereocenters. The van der Waals surface area contributed by atoms with Gasteiger partial charge in [0, 0.05) is 12.7 Å². The van der Waals surface area contributed by atoms with Crippen molar-refractivity contribution in [3.63, 3.8) is 0 Å². The van der Waals surface area contributed by atoms with Gasteiger partial charge in [0.15, 0.2) is 6.29 Å². The topological polar surface area (TPSA) is 108 Å². The van der Waals surface area contributed by atoms with Gasteiger partial charge in [0.25, 0.3) is 5.91 Å². The van der Waals surface area contributed by atoms with E-state index in [9.17, 15) is 15.0 Å². The van der Waals surface area contributed by atoms with Crippen LogP contribution in [0.15, 0.2) is 30.3 Å². The molecule has 1 aromatic rings. The molecule has 7 nitrogen and oxygen atoms in total. The maximum absolute atomic E-state index is 12.1. The number of nitrogens with one attached hydrogen (secondary N) is 1. The Labute approximate surface area is 122 Å². The fourth-order valence-corrected chi connectivity index (χ4v) is 2.36. The predicted octanol–water partition coefficient (Wildman–Crippen LogP) is -1.13. The maximum atomic E-state index is 12.1. The van der Waals surface area contributed by atoms with Crippen molar-refractivity contribution in [2.75, 3.05) is 13.7 Å². The first-order valence-corrected chi connectivity index (χ1v) is 6.59. The lowest BCUT2D eigenvalue weighted by Crippen LogP contribution is -2.50. The molecule has 7 heteroatoms. The van der Waals surface area contributed by atoms with Gasteiger partial charge >= 0.3 is 0 Å². The first kappa shape index (κ1) is 15.9.